The second-order valence-electron chi connectivity index (χ2n) is 4.60. The van der Waals surface area contributed by atoms with Gasteiger partial charge in [-0.15, -0.1) is 0 Å². The van der Waals surface area contributed by atoms with Crippen molar-refractivity contribution in [3.63, 3.8) is 0 Å². The molecular formula is C12H15FN4O2S. The summed E-state index contributed by atoms with van der Waals surface area (Å²) < 4.78 is 35.3. The molecule has 2 aromatic heterocycles. The number of nitrogens with one attached hydrogen (secondary N) is 1. The molecule has 0 fully saturated rings. The molecule has 1 unspecified atom stereocenters. The first-order valence-corrected chi connectivity index (χ1v) is 8.00. The summed E-state index contributed by atoms with van der Waals surface area (Å²) in [5, 5.41) is 0. The molecule has 0 bridgehead atoms. The van der Waals surface area contributed by atoms with Crippen LogP contribution in [0.15, 0.2) is 24.7 Å². The SMILES string of the molecule is CS(=O)(=O)CCC(N)c1ncc(-c2cncc(F)c2)[nH]1. The fraction of sp³-hybridized carbons (Fsp3) is 0.333. The third-order valence-electron chi connectivity index (χ3n) is 2.76. The molecule has 0 radical (unpaired) electrons. The zero-order chi connectivity index (χ0) is 14.8. The van der Waals surface area contributed by atoms with Gasteiger partial charge in [-0.25, -0.2) is 17.8 Å². The van der Waals surface area contributed by atoms with Crippen molar-refractivity contribution < 1.29 is 12.8 Å². The molecule has 0 aliphatic rings. The molecular weight excluding hydrogens is 283 g/mol. The first kappa shape index (κ1) is 14.6. The number of nitrogens with two attached hydrogens (primary N) is 1. The van der Waals surface area contributed by atoms with E-state index in [1.807, 2.05) is 0 Å². The van der Waals surface area contributed by atoms with Gasteiger partial charge in [0.25, 0.3) is 0 Å². The van der Waals surface area contributed by atoms with Crippen molar-refractivity contribution in [3.8, 4) is 11.3 Å². The number of aromatic nitrogens is 3. The number of nitrogens with zero attached hydrogens (tertiary/aromatic N) is 2. The Morgan fingerprint density at radius 3 is 2.80 bits per heavy atom. The Hall–Kier alpha value is -1.80. The number of sulfone groups is 1. The fourth-order valence-corrected chi connectivity index (χ4v) is 2.39. The van der Waals surface area contributed by atoms with E-state index in [1.165, 1.54) is 18.5 Å². The maximum Gasteiger partial charge on any atom is 0.147 e. The van der Waals surface area contributed by atoms with Crippen molar-refractivity contribution in [1.29, 1.82) is 0 Å². The Morgan fingerprint density at radius 1 is 1.40 bits per heavy atom. The van der Waals surface area contributed by atoms with Crippen molar-refractivity contribution >= 4 is 9.84 Å². The third-order valence-corrected chi connectivity index (χ3v) is 3.74. The van der Waals surface area contributed by atoms with Gasteiger partial charge >= 0.3 is 0 Å². The van der Waals surface area contributed by atoms with Crippen LogP contribution in [-0.4, -0.2) is 35.4 Å². The molecule has 6 nitrogen and oxygen atoms in total. The summed E-state index contributed by atoms with van der Waals surface area (Å²) >= 11 is 0. The van der Waals surface area contributed by atoms with Gasteiger partial charge < -0.3 is 10.7 Å². The quantitative estimate of drug-likeness (QED) is 0.859. The van der Waals surface area contributed by atoms with Gasteiger partial charge in [-0.3, -0.25) is 4.98 Å². The predicted octanol–water partition coefficient (Wildman–Crippen LogP) is 1.05. The summed E-state index contributed by atoms with van der Waals surface area (Å²) in [7, 11) is -3.06. The van der Waals surface area contributed by atoms with Gasteiger partial charge in [0, 0.05) is 18.0 Å². The highest BCUT2D eigenvalue weighted by Crippen LogP contribution is 2.19. The average Bonchev–Trinajstić information content (AvgIpc) is 2.84. The van der Waals surface area contributed by atoms with E-state index in [0.29, 0.717) is 17.1 Å². The topological polar surface area (TPSA) is 102 Å². The Labute approximate surface area is 116 Å². The highest BCUT2D eigenvalue weighted by atomic mass is 32.2. The minimum Gasteiger partial charge on any atom is -0.341 e. The molecule has 1 atom stereocenters. The maximum atomic E-state index is 13.1. The Bertz CT molecular complexity index is 699. The highest BCUT2D eigenvalue weighted by molar-refractivity contribution is 7.90. The standard InChI is InChI=1S/C12H15FN4O2S/c1-20(18,19)3-2-10(14)12-16-7-11(17-12)8-4-9(13)6-15-5-8/h4-7,10H,2-3,14H2,1H3,(H,16,17). The number of aromatic amines is 1. The Morgan fingerprint density at radius 2 is 2.15 bits per heavy atom. The van der Waals surface area contributed by atoms with Crippen molar-refractivity contribution in [1.82, 2.24) is 15.0 Å². The lowest BCUT2D eigenvalue weighted by atomic mass is 10.2. The normalized spacial score (nSPS) is 13.3. The van der Waals surface area contributed by atoms with E-state index >= 15 is 0 Å². The minimum absolute atomic E-state index is 0.00821. The Balaban J connectivity index is 2.12. The first-order chi connectivity index (χ1) is 9.35. The van der Waals surface area contributed by atoms with Crippen LogP contribution in [0.1, 0.15) is 18.3 Å². The minimum atomic E-state index is -3.06. The number of hydrogen-bond donors (Lipinski definition) is 2. The van der Waals surface area contributed by atoms with Crippen LogP contribution >= 0.6 is 0 Å². The molecule has 0 amide bonds. The van der Waals surface area contributed by atoms with E-state index in [-0.39, 0.29) is 12.2 Å². The smallest absolute Gasteiger partial charge is 0.147 e. The number of H-pyrrole nitrogens is 1. The molecule has 20 heavy (non-hydrogen) atoms. The van der Waals surface area contributed by atoms with E-state index in [0.717, 1.165) is 12.5 Å². The second kappa shape index (κ2) is 5.68. The third kappa shape index (κ3) is 3.84. The van der Waals surface area contributed by atoms with Crippen LogP contribution in [-0.2, 0) is 9.84 Å². The van der Waals surface area contributed by atoms with E-state index in [1.54, 1.807) is 0 Å². The van der Waals surface area contributed by atoms with Gasteiger partial charge in [0.05, 0.1) is 29.9 Å². The van der Waals surface area contributed by atoms with Gasteiger partial charge in [0.1, 0.15) is 21.5 Å². The molecule has 0 aliphatic carbocycles. The molecule has 0 spiro atoms. The van der Waals surface area contributed by atoms with E-state index in [4.69, 9.17) is 5.73 Å². The molecule has 0 saturated carbocycles. The molecule has 108 valence electrons. The summed E-state index contributed by atoms with van der Waals surface area (Å²) in [6.07, 6.45) is 5.56. The van der Waals surface area contributed by atoms with Crippen molar-refractivity contribution in [2.75, 3.05) is 12.0 Å². The lowest BCUT2D eigenvalue weighted by Gasteiger charge is -2.07. The largest absolute Gasteiger partial charge is 0.341 e. The maximum absolute atomic E-state index is 13.1. The molecule has 8 heteroatoms. The monoisotopic (exact) mass is 298 g/mol. The van der Waals surface area contributed by atoms with Crippen LogP contribution in [0.4, 0.5) is 4.39 Å². The molecule has 0 aromatic carbocycles. The highest BCUT2D eigenvalue weighted by Gasteiger charge is 2.14. The van der Waals surface area contributed by atoms with Crippen LogP contribution in [0.2, 0.25) is 0 Å². The van der Waals surface area contributed by atoms with Crippen LogP contribution in [0.25, 0.3) is 11.3 Å². The van der Waals surface area contributed by atoms with Gasteiger partial charge in [0.15, 0.2) is 0 Å². The van der Waals surface area contributed by atoms with Gasteiger partial charge in [0.2, 0.25) is 0 Å². The second-order valence-corrected chi connectivity index (χ2v) is 6.86. The number of hydrogen-bond acceptors (Lipinski definition) is 5. The summed E-state index contributed by atoms with van der Waals surface area (Å²) in [6, 6.07) is 0.812. The Kier molecular flexibility index (Phi) is 4.15. The number of pyridine rings is 1. The average molecular weight is 298 g/mol. The van der Waals surface area contributed by atoms with Crippen LogP contribution in [0.3, 0.4) is 0 Å². The van der Waals surface area contributed by atoms with Crippen LogP contribution in [0.5, 0.6) is 0 Å². The zero-order valence-electron chi connectivity index (χ0n) is 10.9. The van der Waals surface area contributed by atoms with E-state index < -0.39 is 21.7 Å². The molecule has 2 heterocycles. The lowest BCUT2D eigenvalue weighted by molar-refractivity contribution is 0.587. The summed E-state index contributed by atoms with van der Waals surface area (Å²) in [4.78, 5) is 10.8. The number of imidazole rings is 1. The fourth-order valence-electron chi connectivity index (χ4n) is 1.71. The molecule has 0 aliphatic heterocycles. The van der Waals surface area contributed by atoms with Gasteiger partial charge in [-0.1, -0.05) is 0 Å². The number of halogens is 1. The van der Waals surface area contributed by atoms with Crippen molar-refractivity contribution in [2.45, 2.75) is 12.5 Å². The summed E-state index contributed by atoms with van der Waals surface area (Å²) in [6.45, 7) is 0. The molecule has 2 rings (SSSR count). The summed E-state index contributed by atoms with van der Waals surface area (Å²) in [5.41, 5.74) is 7.02. The van der Waals surface area contributed by atoms with Gasteiger partial charge in [-0.05, 0) is 12.5 Å². The van der Waals surface area contributed by atoms with Crippen molar-refractivity contribution in [3.05, 3.63) is 36.3 Å². The molecule has 2 aromatic rings. The molecule has 3 N–H and O–H groups in total. The zero-order valence-corrected chi connectivity index (χ0v) is 11.7. The lowest BCUT2D eigenvalue weighted by Crippen LogP contribution is -2.16. The van der Waals surface area contributed by atoms with Gasteiger partial charge in [-0.2, -0.15) is 0 Å². The summed E-state index contributed by atoms with van der Waals surface area (Å²) in [5.74, 6) is 0.0130. The predicted molar refractivity (Wildman–Crippen MR) is 73.0 cm³/mol. The van der Waals surface area contributed by atoms with Crippen LogP contribution < -0.4 is 5.73 Å². The van der Waals surface area contributed by atoms with Crippen molar-refractivity contribution in [2.24, 2.45) is 5.73 Å². The van der Waals surface area contributed by atoms with Crippen LogP contribution in [0, 0.1) is 5.82 Å². The molecule has 0 saturated heterocycles. The first-order valence-electron chi connectivity index (χ1n) is 5.94. The van der Waals surface area contributed by atoms with E-state index in [2.05, 4.69) is 15.0 Å². The number of rotatable bonds is 5. The van der Waals surface area contributed by atoms with E-state index in [9.17, 15) is 12.8 Å².